The van der Waals surface area contributed by atoms with E-state index in [0.717, 1.165) is 49.0 Å². The highest BCUT2D eigenvalue weighted by atomic mass is 19.1. The summed E-state index contributed by atoms with van der Waals surface area (Å²) in [6, 6.07) is 15.4. The summed E-state index contributed by atoms with van der Waals surface area (Å²) in [7, 11) is 1.62. The van der Waals surface area contributed by atoms with Crippen LogP contribution in [-0.4, -0.2) is 160 Å². The SMILES string of the molecule is CN[C@@H](C)C(=O)N[C@H](C(=O)N1Cc2ccc(NC(=O)CCN3C(=O)[C@]4(C)CN(C(=O)CN5C[C@@H](C)NC[C@@H]5CN5CCOC[C@H]5C)c5cc(Cc6ccc(F)cc6)cc3c54)cc2[C@H]1C(=O)Nc1c(F)cccc1F)C1CCOCC1. The van der Waals surface area contributed by atoms with Crippen molar-refractivity contribution in [1.82, 2.24) is 30.7 Å². The monoisotopic (exact) mass is 1100 g/mol. The van der Waals surface area contributed by atoms with Crippen molar-refractivity contribution in [1.29, 1.82) is 0 Å². The minimum absolute atomic E-state index is 0.0289. The number of nitrogens with zero attached hydrogens (tertiary/aromatic N) is 5. The number of carbonyl (C=O) groups is 6. The highest BCUT2D eigenvalue weighted by molar-refractivity contribution is 6.15. The van der Waals surface area contributed by atoms with Gasteiger partial charge in [-0.2, -0.15) is 0 Å². The lowest BCUT2D eigenvalue weighted by atomic mass is 9.85. The van der Waals surface area contributed by atoms with Crippen LogP contribution in [0.2, 0.25) is 0 Å². The van der Waals surface area contributed by atoms with Crippen LogP contribution in [0.5, 0.6) is 0 Å². The number of nitrogens with one attached hydrogen (secondary N) is 5. The van der Waals surface area contributed by atoms with Gasteiger partial charge >= 0.3 is 0 Å². The van der Waals surface area contributed by atoms with Crippen LogP contribution in [0.4, 0.5) is 35.9 Å². The Balaban J connectivity index is 0.897. The average Bonchev–Trinajstić information content (AvgIpc) is 4.27. The summed E-state index contributed by atoms with van der Waals surface area (Å²) in [6.45, 7) is 12.9. The first kappa shape index (κ1) is 56.5. The number of para-hydroxylation sites is 1. The number of likely N-dealkylation sites (N-methyl/N-ethyl adjacent to an activating group) is 1. The maximum absolute atomic E-state index is 15.1. The second kappa shape index (κ2) is 23.8. The van der Waals surface area contributed by atoms with Crippen molar-refractivity contribution in [3.05, 3.63) is 118 Å². The molecule has 6 heterocycles. The van der Waals surface area contributed by atoms with E-state index in [4.69, 9.17) is 9.47 Å². The molecule has 5 N–H and O–H groups in total. The molecule has 0 bridgehead atoms. The molecule has 3 fully saturated rings. The minimum atomic E-state index is -1.44. The third-order valence-electron chi connectivity index (χ3n) is 16.9. The first-order valence-corrected chi connectivity index (χ1v) is 27.8. The highest BCUT2D eigenvalue weighted by Crippen LogP contribution is 2.53. The molecule has 3 saturated heterocycles. The van der Waals surface area contributed by atoms with Crippen molar-refractivity contribution >= 4 is 58.2 Å². The third-order valence-corrected chi connectivity index (χ3v) is 16.9. The van der Waals surface area contributed by atoms with Gasteiger partial charge in [0.1, 0.15) is 35.2 Å². The molecule has 6 aliphatic rings. The number of amides is 6. The molecule has 21 heteroatoms. The molecule has 426 valence electrons. The van der Waals surface area contributed by atoms with Crippen LogP contribution in [0, 0.1) is 23.4 Å². The number of rotatable bonds is 17. The normalized spacial score (nSPS) is 23.9. The average molecular weight is 1110 g/mol. The van der Waals surface area contributed by atoms with Crippen molar-refractivity contribution in [2.75, 3.05) is 99.7 Å². The molecule has 18 nitrogen and oxygen atoms in total. The van der Waals surface area contributed by atoms with Crippen LogP contribution in [0.25, 0.3) is 0 Å². The maximum Gasteiger partial charge on any atom is 0.252 e. The van der Waals surface area contributed by atoms with E-state index in [0.29, 0.717) is 80.3 Å². The van der Waals surface area contributed by atoms with Gasteiger partial charge in [0.15, 0.2) is 0 Å². The molecule has 6 amide bonds. The molecule has 0 unspecified atom stereocenters. The fourth-order valence-electron chi connectivity index (χ4n) is 12.3. The first-order valence-electron chi connectivity index (χ1n) is 27.8. The summed E-state index contributed by atoms with van der Waals surface area (Å²) in [6.07, 6.45) is 1.13. The van der Waals surface area contributed by atoms with Crippen LogP contribution in [-0.2, 0) is 56.6 Å². The van der Waals surface area contributed by atoms with Crippen molar-refractivity contribution < 1.29 is 51.4 Å². The summed E-state index contributed by atoms with van der Waals surface area (Å²) in [5.41, 5.74) is 2.81. The number of piperazine rings is 1. The molecule has 4 aromatic carbocycles. The van der Waals surface area contributed by atoms with E-state index in [1.54, 1.807) is 54.1 Å². The quantitative estimate of drug-likeness (QED) is 0.0988. The summed E-state index contributed by atoms with van der Waals surface area (Å²) >= 11 is 0. The van der Waals surface area contributed by atoms with E-state index in [-0.39, 0.29) is 80.0 Å². The lowest BCUT2D eigenvalue weighted by Crippen LogP contribution is -2.62. The Labute approximate surface area is 464 Å². The zero-order valence-electron chi connectivity index (χ0n) is 45.9. The lowest BCUT2D eigenvalue weighted by molar-refractivity contribution is -0.144. The Kier molecular flexibility index (Phi) is 16.8. The zero-order valence-corrected chi connectivity index (χ0v) is 45.9. The Bertz CT molecular complexity index is 3020. The lowest BCUT2D eigenvalue weighted by Gasteiger charge is -2.43. The predicted molar refractivity (Wildman–Crippen MR) is 294 cm³/mol. The minimum Gasteiger partial charge on any atom is -0.381 e. The molecule has 0 aliphatic carbocycles. The predicted octanol–water partition coefficient (Wildman–Crippen LogP) is 4.60. The second-order valence-electron chi connectivity index (χ2n) is 22.5. The van der Waals surface area contributed by atoms with E-state index < -0.39 is 64.5 Å². The van der Waals surface area contributed by atoms with Gasteiger partial charge in [-0.05, 0) is 131 Å². The van der Waals surface area contributed by atoms with Crippen LogP contribution in [0.15, 0.2) is 72.8 Å². The van der Waals surface area contributed by atoms with Gasteiger partial charge in [-0.15, -0.1) is 0 Å². The topological polar surface area (TPSA) is 197 Å². The van der Waals surface area contributed by atoms with Gasteiger partial charge in [-0.3, -0.25) is 38.6 Å². The first-order chi connectivity index (χ1) is 38.4. The Hall–Kier alpha value is -6.75. The molecule has 0 aromatic heterocycles. The molecule has 7 atom stereocenters. The van der Waals surface area contributed by atoms with E-state index in [2.05, 4.69) is 50.2 Å². The number of anilines is 4. The highest BCUT2D eigenvalue weighted by Gasteiger charge is 2.56. The maximum atomic E-state index is 15.1. The molecule has 4 aromatic rings. The van der Waals surface area contributed by atoms with E-state index in [1.165, 1.54) is 17.0 Å². The molecule has 0 radical (unpaired) electrons. The molecule has 0 saturated carbocycles. The molecule has 0 spiro atoms. The van der Waals surface area contributed by atoms with Gasteiger partial charge in [0.05, 0.1) is 42.6 Å². The molecule has 10 rings (SSSR count). The number of morpholine rings is 1. The zero-order chi connectivity index (χ0) is 56.6. The number of hydrogen-bond acceptors (Lipinski definition) is 12. The van der Waals surface area contributed by atoms with Crippen LogP contribution in [0.1, 0.15) is 80.8 Å². The summed E-state index contributed by atoms with van der Waals surface area (Å²) in [5, 5.41) is 14.6. The second-order valence-corrected chi connectivity index (χ2v) is 22.5. The smallest absolute Gasteiger partial charge is 0.252 e. The number of halogens is 3. The van der Waals surface area contributed by atoms with Gasteiger partial charge in [-0.1, -0.05) is 24.3 Å². The standard InChI is InChI=1S/C59H71F3N10O8/c1-34-28-69(43(27-64-34)30-68-19-22-80-32-35(68)2)31-50(74)72-33-59(4)51-47(24-38(25-48(51)72)23-37-9-12-41(60)13-10-37)70(58(59)78)18-15-49(73)65-42-14-11-40-29-71(54(44(40)26-42)56(76)67-53-45(61)7-6-8-46(53)62)57(77)52(39-16-20-79-21-17-39)66-55(75)36(3)63-5/h6-14,24-26,34-36,39,43,52,54,63-64H,15-23,27-33H2,1-5H3,(H,65,73)(H,66,75)(H,67,76)/t34-,35-,36+,43-,52+,54+,59-/m1/s1. The van der Waals surface area contributed by atoms with E-state index >= 15 is 8.78 Å². The van der Waals surface area contributed by atoms with E-state index in [9.17, 15) is 33.2 Å². The number of benzene rings is 4. The van der Waals surface area contributed by atoms with Crippen LogP contribution < -0.4 is 36.4 Å². The van der Waals surface area contributed by atoms with E-state index in [1.807, 2.05) is 19.1 Å². The summed E-state index contributed by atoms with van der Waals surface area (Å²) in [4.78, 5) is 95.7. The fourth-order valence-corrected chi connectivity index (χ4v) is 12.3. The molecule has 80 heavy (non-hydrogen) atoms. The molecular formula is C59H71F3N10O8. The molecule has 6 aliphatic heterocycles. The third kappa shape index (κ3) is 11.6. The van der Waals surface area contributed by atoms with Crippen LogP contribution >= 0.6 is 0 Å². The van der Waals surface area contributed by atoms with Gasteiger partial charge in [0, 0.05) is 94.8 Å². The Morgan fingerprint density at radius 1 is 0.875 bits per heavy atom. The Morgan fingerprint density at radius 3 is 2.34 bits per heavy atom. The fraction of sp³-hybridized carbons (Fsp3) is 0.492. The van der Waals surface area contributed by atoms with Gasteiger partial charge < -0.3 is 50.8 Å². The Morgan fingerprint density at radius 2 is 1.61 bits per heavy atom. The summed E-state index contributed by atoms with van der Waals surface area (Å²) < 4.78 is 55.5. The number of hydrogen-bond donors (Lipinski definition) is 5. The van der Waals surface area contributed by atoms with Crippen LogP contribution in [0.3, 0.4) is 0 Å². The van der Waals surface area contributed by atoms with Gasteiger partial charge in [0.2, 0.25) is 29.5 Å². The van der Waals surface area contributed by atoms with Crippen molar-refractivity contribution in [2.45, 2.75) is 102 Å². The van der Waals surface area contributed by atoms with Gasteiger partial charge in [-0.25, -0.2) is 13.2 Å². The number of carbonyl (C=O) groups excluding carboxylic acids is 6. The largest absolute Gasteiger partial charge is 0.381 e. The summed E-state index contributed by atoms with van der Waals surface area (Å²) in [5.74, 6) is -5.55. The van der Waals surface area contributed by atoms with Crippen molar-refractivity contribution in [3.8, 4) is 0 Å². The number of ether oxygens (including phenoxy) is 2. The number of fused-ring (bicyclic) bond motifs is 1. The molecular weight excluding hydrogens is 1030 g/mol. The van der Waals surface area contributed by atoms with Crippen molar-refractivity contribution in [2.24, 2.45) is 5.92 Å². The van der Waals surface area contributed by atoms with Gasteiger partial charge in [0.25, 0.3) is 5.91 Å². The van der Waals surface area contributed by atoms with Crippen molar-refractivity contribution in [3.63, 3.8) is 0 Å².